The molecular formula is C18H24N2O3. The van der Waals surface area contributed by atoms with Crippen molar-refractivity contribution in [2.75, 3.05) is 13.2 Å². The van der Waals surface area contributed by atoms with Crippen LogP contribution in [0.2, 0.25) is 0 Å². The van der Waals surface area contributed by atoms with Crippen molar-refractivity contribution < 1.29 is 9.47 Å². The second-order valence-electron chi connectivity index (χ2n) is 5.51. The minimum Gasteiger partial charge on any atom is -0.490 e. The Kier molecular flexibility index (Phi) is 6.23. The monoisotopic (exact) mass is 316 g/mol. The highest BCUT2D eigenvalue weighted by molar-refractivity contribution is 5.27. The lowest BCUT2D eigenvalue weighted by Gasteiger charge is -2.13. The lowest BCUT2D eigenvalue weighted by molar-refractivity contribution is 0.214. The van der Waals surface area contributed by atoms with Gasteiger partial charge in [0.05, 0.1) is 0 Å². The molecule has 124 valence electrons. The summed E-state index contributed by atoms with van der Waals surface area (Å²) in [6.07, 6.45) is 2.55. The Morgan fingerprint density at radius 1 is 1.17 bits per heavy atom. The molecule has 0 radical (unpaired) electrons. The molecule has 1 heterocycles. The first-order valence-corrected chi connectivity index (χ1v) is 7.87. The number of pyridine rings is 1. The van der Waals surface area contributed by atoms with Gasteiger partial charge in [-0.15, -0.1) is 0 Å². The number of hydrogen-bond acceptors (Lipinski definition) is 4. The zero-order chi connectivity index (χ0) is 16.7. The van der Waals surface area contributed by atoms with Gasteiger partial charge in [0.15, 0.2) is 5.75 Å². The van der Waals surface area contributed by atoms with E-state index in [1.807, 2.05) is 38.1 Å². The van der Waals surface area contributed by atoms with E-state index in [-0.39, 0.29) is 11.6 Å². The third kappa shape index (κ3) is 5.14. The molecule has 23 heavy (non-hydrogen) atoms. The maximum Gasteiger partial charge on any atom is 0.292 e. The zero-order valence-electron chi connectivity index (χ0n) is 13.7. The van der Waals surface area contributed by atoms with Crippen LogP contribution < -0.4 is 20.8 Å². The molecule has 0 fully saturated rings. The maximum atomic E-state index is 12.3. The SMILES string of the molecule is CCC(N)Cn1cccc(OCCOc2cccc(C)c2)c1=O. The normalized spacial score (nSPS) is 12.0. The lowest BCUT2D eigenvalue weighted by atomic mass is 10.2. The topological polar surface area (TPSA) is 66.5 Å². The third-order valence-corrected chi connectivity index (χ3v) is 3.54. The van der Waals surface area contributed by atoms with Crippen molar-refractivity contribution in [3.63, 3.8) is 0 Å². The van der Waals surface area contributed by atoms with Gasteiger partial charge >= 0.3 is 0 Å². The van der Waals surface area contributed by atoms with Gasteiger partial charge in [-0.2, -0.15) is 0 Å². The number of aromatic nitrogens is 1. The Morgan fingerprint density at radius 2 is 1.96 bits per heavy atom. The van der Waals surface area contributed by atoms with Gasteiger partial charge in [-0.05, 0) is 43.2 Å². The summed E-state index contributed by atoms with van der Waals surface area (Å²) in [6, 6.07) is 11.2. The molecule has 0 saturated heterocycles. The number of hydrogen-bond donors (Lipinski definition) is 1. The smallest absolute Gasteiger partial charge is 0.292 e. The molecule has 1 atom stereocenters. The number of ether oxygens (including phenoxy) is 2. The van der Waals surface area contributed by atoms with E-state index in [9.17, 15) is 4.79 Å². The quantitative estimate of drug-likeness (QED) is 0.759. The summed E-state index contributed by atoms with van der Waals surface area (Å²) >= 11 is 0. The minimum atomic E-state index is -0.160. The highest BCUT2D eigenvalue weighted by atomic mass is 16.5. The molecule has 0 spiro atoms. The molecule has 1 aromatic carbocycles. The molecule has 5 nitrogen and oxygen atoms in total. The number of rotatable bonds is 8. The third-order valence-electron chi connectivity index (χ3n) is 3.54. The Bertz CT molecular complexity index is 682. The number of benzene rings is 1. The average molecular weight is 316 g/mol. The summed E-state index contributed by atoms with van der Waals surface area (Å²) in [7, 11) is 0. The minimum absolute atomic E-state index is 0.0346. The molecule has 2 N–H and O–H groups in total. The van der Waals surface area contributed by atoms with E-state index < -0.39 is 0 Å². The largest absolute Gasteiger partial charge is 0.490 e. The van der Waals surface area contributed by atoms with E-state index in [0.717, 1.165) is 17.7 Å². The first-order chi connectivity index (χ1) is 11.1. The van der Waals surface area contributed by atoms with Gasteiger partial charge in [0.1, 0.15) is 19.0 Å². The van der Waals surface area contributed by atoms with Crippen LogP contribution in [0, 0.1) is 6.92 Å². The fourth-order valence-corrected chi connectivity index (χ4v) is 2.17. The second-order valence-corrected chi connectivity index (χ2v) is 5.51. The standard InChI is InChI=1S/C18H24N2O3/c1-3-15(19)13-20-9-5-8-17(18(20)21)23-11-10-22-16-7-4-6-14(2)12-16/h4-9,12,15H,3,10-11,13,19H2,1-2H3. The van der Waals surface area contributed by atoms with Crippen LogP contribution >= 0.6 is 0 Å². The first kappa shape index (κ1) is 17.1. The van der Waals surface area contributed by atoms with Crippen LogP contribution in [0.4, 0.5) is 0 Å². The number of nitrogens with zero attached hydrogens (tertiary/aromatic N) is 1. The fourth-order valence-electron chi connectivity index (χ4n) is 2.17. The molecule has 1 unspecified atom stereocenters. The van der Waals surface area contributed by atoms with E-state index in [0.29, 0.717) is 25.5 Å². The molecule has 0 saturated carbocycles. The Balaban J connectivity index is 1.88. The number of aryl methyl sites for hydroxylation is 1. The van der Waals surface area contributed by atoms with Crippen LogP contribution in [-0.4, -0.2) is 23.8 Å². The average Bonchev–Trinajstić information content (AvgIpc) is 2.54. The summed E-state index contributed by atoms with van der Waals surface area (Å²) in [5.74, 6) is 1.12. The van der Waals surface area contributed by atoms with Crippen LogP contribution in [0.5, 0.6) is 11.5 Å². The van der Waals surface area contributed by atoms with Crippen molar-refractivity contribution in [3.8, 4) is 11.5 Å². The highest BCUT2D eigenvalue weighted by Gasteiger charge is 2.07. The van der Waals surface area contributed by atoms with Crippen LogP contribution in [-0.2, 0) is 6.54 Å². The molecule has 0 aliphatic carbocycles. The van der Waals surface area contributed by atoms with E-state index in [1.54, 1.807) is 22.9 Å². The van der Waals surface area contributed by atoms with Crippen molar-refractivity contribution in [1.82, 2.24) is 4.57 Å². The van der Waals surface area contributed by atoms with Gasteiger partial charge in [0, 0.05) is 18.8 Å². The molecule has 0 amide bonds. The molecule has 1 aromatic heterocycles. The Hall–Kier alpha value is -2.27. The van der Waals surface area contributed by atoms with Crippen LogP contribution in [0.25, 0.3) is 0 Å². The van der Waals surface area contributed by atoms with Gasteiger partial charge in [0.25, 0.3) is 5.56 Å². The van der Waals surface area contributed by atoms with Crippen LogP contribution in [0.15, 0.2) is 47.4 Å². The van der Waals surface area contributed by atoms with E-state index in [1.165, 1.54) is 0 Å². The fraction of sp³-hybridized carbons (Fsp3) is 0.389. The number of nitrogens with two attached hydrogens (primary N) is 1. The van der Waals surface area contributed by atoms with E-state index in [4.69, 9.17) is 15.2 Å². The Labute approximate surface area is 136 Å². The molecular weight excluding hydrogens is 292 g/mol. The predicted octanol–water partition coefficient (Wildman–Crippen LogP) is 2.35. The van der Waals surface area contributed by atoms with Crippen molar-refractivity contribution >= 4 is 0 Å². The molecule has 0 aliphatic heterocycles. The Morgan fingerprint density at radius 3 is 2.70 bits per heavy atom. The van der Waals surface area contributed by atoms with Gasteiger partial charge < -0.3 is 19.8 Å². The first-order valence-electron chi connectivity index (χ1n) is 7.87. The molecule has 0 bridgehead atoms. The molecule has 0 aliphatic rings. The van der Waals surface area contributed by atoms with Crippen molar-refractivity contribution in [3.05, 3.63) is 58.5 Å². The predicted molar refractivity (Wildman–Crippen MR) is 91.1 cm³/mol. The summed E-state index contributed by atoms with van der Waals surface area (Å²) in [5, 5.41) is 0. The maximum absolute atomic E-state index is 12.3. The van der Waals surface area contributed by atoms with Crippen molar-refractivity contribution in [1.29, 1.82) is 0 Å². The van der Waals surface area contributed by atoms with Crippen LogP contribution in [0.3, 0.4) is 0 Å². The van der Waals surface area contributed by atoms with E-state index in [2.05, 4.69) is 0 Å². The van der Waals surface area contributed by atoms with Crippen molar-refractivity contribution in [2.45, 2.75) is 32.9 Å². The summed E-state index contributed by atoms with van der Waals surface area (Å²) in [4.78, 5) is 12.3. The molecule has 2 rings (SSSR count). The van der Waals surface area contributed by atoms with Gasteiger partial charge in [-0.1, -0.05) is 19.1 Å². The van der Waals surface area contributed by atoms with E-state index >= 15 is 0 Å². The summed E-state index contributed by atoms with van der Waals surface area (Å²) < 4.78 is 12.7. The molecule has 2 aromatic rings. The van der Waals surface area contributed by atoms with Gasteiger partial charge in [-0.25, -0.2) is 0 Å². The van der Waals surface area contributed by atoms with Crippen LogP contribution in [0.1, 0.15) is 18.9 Å². The van der Waals surface area contributed by atoms with Gasteiger partial charge in [0.2, 0.25) is 0 Å². The summed E-state index contributed by atoms with van der Waals surface area (Å²) in [5.41, 5.74) is 6.88. The highest BCUT2D eigenvalue weighted by Crippen LogP contribution is 2.12. The van der Waals surface area contributed by atoms with Gasteiger partial charge in [-0.3, -0.25) is 4.79 Å². The summed E-state index contributed by atoms with van der Waals surface area (Å²) in [6.45, 7) is 5.20. The van der Waals surface area contributed by atoms with Crippen molar-refractivity contribution in [2.24, 2.45) is 5.73 Å². The lowest BCUT2D eigenvalue weighted by Crippen LogP contribution is -2.31. The second kappa shape index (κ2) is 8.39. The molecule has 5 heteroatoms. The zero-order valence-corrected chi connectivity index (χ0v) is 13.7.